The Labute approximate surface area is 263 Å². The molecule has 0 heterocycles. The van der Waals surface area contributed by atoms with Gasteiger partial charge in [-0.05, 0) is 48.3 Å². The SMILES string of the molecule is Cl.Cl.NC(Cc1ccccc1)C(=O)CCSCCCCCCCCCCSCCC(=O)C(N)Cc1ccccc1. The van der Waals surface area contributed by atoms with Crippen LogP contribution in [0.15, 0.2) is 60.7 Å². The summed E-state index contributed by atoms with van der Waals surface area (Å²) in [6, 6.07) is 19.3. The van der Waals surface area contributed by atoms with E-state index in [0.29, 0.717) is 25.7 Å². The molecule has 0 aromatic heterocycles. The molecule has 226 valence electrons. The molecule has 0 saturated carbocycles. The van der Waals surface area contributed by atoms with Gasteiger partial charge in [-0.2, -0.15) is 23.5 Å². The van der Waals surface area contributed by atoms with Gasteiger partial charge in [-0.25, -0.2) is 0 Å². The van der Waals surface area contributed by atoms with E-state index in [9.17, 15) is 9.59 Å². The maximum absolute atomic E-state index is 12.2. The quantitative estimate of drug-likeness (QED) is 0.124. The van der Waals surface area contributed by atoms with Gasteiger partial charge in [0, 0.05) is 24.3 Å². The second-order valence-corrected chi connectivity index (χ2v) is 12.5. The number of Topliss-reactive ketones (excluding diaryl/α,β-unsaturated/α-hetero) is 2. The molecule has 2 aromatic carbocycles. The zero-order chi connectivity index (χ0) is 27.3. The summed E-state index contributed by atoms with van der Waals surface area (Å²) in [6.07, 6.45) is 12.7. The lowest BCUT2D eigenvalue weighted by molar-refractivity contribution is -0.120. The Balaban J connectivity index is 0.00000760. The van der Waals surface area contributed by atoms with Crippen LogP contribution in [0, 0.1) is 0 Å². The fraction of sp³-hybridized carbons (Fsp3) is 0.562. The van der Waals surface area contributed by atoms with Crippen molar-refractivity contribution >= 4 is 59.9 Å². The van der Waals surface area contributed by atoms with E-state index < -0.39 is 0 Å². The van der Waals surface area contributed by atoms with Crippen LogP contribution in [0.25, 0.3) is 0 Å². The third kappa shape index (κ3) is 19.2. The van der Waals surface area contributed by atoms with Gasteiger partial charge in [0.2, 0.25) is 0 Å². The summed E-state index contributed by atoms with van der Waals surface area (Å²) < 4.78 is 0. The molecule has 8 heteroatoms. The summed E-state index contributed by atoms with van der Waals surface area (Å²) in [4.78, 5) is 24.5. The minimum atomic E-state index is -0.380. The van der Waals surface area contributed by atoms with Gasteiger partial charge in [0.15, 0.2) is 11.6 Å². The molecule has 2 unspecified atom stereocenters. The number of carbonyl (C=O) groups is 2. The van der Waals surface area contributed by atoms with E-state index in [1.807, 2.05) is 84.2 Å². The van der Waals surface area contributed by atoms with Crippen molar-refractivity contribution in [3.05, 3.63) is 71.8 Å². The molecule has 0 bridgehead atoms. The normalized spacial score (nSPS) is 12.2. The fourth-order valence-corrected chi connectivity index (χ4v) is 6.27. The maximum Gasteiger partial charge on any atom is 0.150 e. The molecule has 0 amide bonds. The first-order chi connectivity index (χ1) is 18.6. The van der Waals surface area contributed by atoms with E-state index in [2.05, 4.69) is 0 Å². The van der Waals surface area contributed by atoms with Gasteiger partial charge < -0.3 is 11.5 Å². The van der Waals surface area contributed by atoms with E-state index >= 15 is 0 Å². The summed E-state index contributed by atoms with van der Waals surface area (Å²) in [5.74, 6) is 4.39. The van der Waals surface area contributed by atoms with Crippen LogP contribution >= 0.6 is 48.3 Å². The molecule has 4 nitrogen and oxygen atoms in total. The molecule has 0 saturated heterocycles. The molecule has 2 aromatic rings. The van der Waals surface area contributed by atoms with Crippen molar-refractivity contribution in [1.82, 2.24) is 0 Å². The van der Waals surface area contributed by atoms with Crippen LogP contribution in [0.2, 0.25) is 0 Å². The predicted octanol–water partition coefficient (Wildman–Crippen LogP) is 7.48. The van der Waals surface area contributed by atoms with Crippen molar-refractivity contribution in [1.29, 1.82) is 0 Å². The smallest absolute Gasteiger partial charge is 0.150 e. The Morgan fingerprint density at radius 2 is 0.850 bits per heavy atom. The van der Waals surface area contributed by atoms with Crippen LogP contribution < -0.4 is 11.5 Å². The molecule has 0 radical (unpaired) electrons. The monoisotopic (exact) mass is 628 g/mol. The van der Waals surface area contributed by atoms with Crippen molar-refractivity contribution in [2.24, 2.45) is 11.5 Å². The van der Waals surface area contributed by atoms with Crippen LogP contribution in [-0.2, 0) is 22.4 Å². The maximum atomic E-state index is 12.2. The first-order valence-electron chi connectivity index (χ1n) is 14.4. The summed E-state index contributed by atoms with van der Waals surface area (Å²) in [5.41, 5.74) is 14.4. The van der Waals surface area contributed by atoms with Crippen LogP contribution in [0.3, 0.4) is 0 Å². The minimum Gasteiger partial charge on any atom is -0.321 e. The molecule has 0 aliphatic rings. The van der Waals surface area contributed by atoms with Gasteiger partial charge in [0.05, 0.1) is 12.1 Å². The number of hydrogen-bond donors (Lipinski definition) is 2. The largest absolute Gasteiger partial charge is 0.321 e. The standard InChI is InChI=1S/C32H48N2O2S2.2ClH/c33-29(25-27-15-9-7-10-16-27)31(35)19-23-37-21-13-5-3-1-2-4-6-14-22-38-24-20-32(36)30(34)26-28-17-11-8-12-18-28;;/h7-12,15-18,29-30H,1-6,13-14,19-26,33-34H2;2*1H. The predicted molar refractivity (Wildman–Crippen MR) is 182 cm³/mol. The average Bonchev–Trinajstić information content (AvgIpc) is 2.93. The Kier molecular flexibility index (Phi) is 25.0. The van der Waals surface area contributed by atoms with E-state index in [4.69, 9.17) is 11.5 Å². The number of thioether (sulfide) groups is 2. The van der Waals surface area contributed by atoms with Crippen molar-refractivity contribution in [3.63, 3.8) is 0 Å². The topological polar surface area (TPSA) is 86.2 Å². The van der Waals surface area contributed by atoms with Crippen molar-refractivity contribution in [2.45, 2.75) is 89.1 Å². The molecular weight excluding hydrogens is 579 g/mol. The van der Waals surface area contributed by atoms with Gasteiger partial charge in [-0.1, -0.05) is 99.2 Å². The van der Waals surface area contributed by atoms with Crippen molar-refractivity contribution < 1.29 is 9.59 Å². The van der Waals surface area contributed by atoms with Gasteiger partial charge in [0.25, 0.3) is 0 Å². The molecule has 0 spiro atoms. The number of rotatable bonds is 23. The Morgan fingerprint density at radius 3 is 1.20 bits per heavy atom. The second kappa shape index (κ2) is 25.7. The summed E-state index contributed by atoms with van der Waals surface area (Å²) in [5, 5.41) is 0. The van der Waals surface area contributed by atoms with E-state index in [0.717, 1.165) is 34.1 Å². The fourth-order valence-electron chi connectivity index (χ4n) is 4.35. The molecule has 2 atom stereocenters. The lowest BCUT2D eigenvalue weighted by Crippen LogP contribution is -2.32. The zero-order valence-corrected chi connectivity index (χ0v) is 27.1. The Morgan fingerprint density at radius 1 is 0.525 bits per heavy atom. The molecule has 4 N–H and O–H groups in total. The highest BCUT2D eigenvalue weighted by atomic mass is 35.5. The third-order valence-corrected chi connectivity index (χ3v) is 8.88. The lowest BCUT2D eigenvalue weighted by atomic mass is 10.0. The molecule has 0 fully saturated rings. The second-order valence-electron chi connectivity index (χ2n) is 10.1. The van der Waals surface area contributed by atoms with Gasteiger partial charge in [-0.3, -0.25) is 9.59 Å². The Bertz CT molecular complexity index is 817. The lowest BCUT2D eigenvalue weighted by Gasteiger charge is -2.10. The first kappa shape index (κ1) is 39.0. The van der Waals surface area contributed by atoms with Crippen LogP contribution in [0.1, 0.15) is 75.3 Å². The van der Waals surface area contributed by atoms with E-state index in [1.54, 1.807) is 0 Å². The third-order valence-electron chi connectivity index (χ3n) is 6.74. The number of carbonyl (C=O) groups excluding carboxylic acids is 2. The number of halogens is 2. The number of benzene rings is 2. The highest BCUT2D eigenvalue weighted by Crippen LogP contribution is 2.15. The van der Waals surface area contributed by atoms with Gasteiger partial charge in [-0.15, -0.1) is 24.8 Å². The molecule has 0 aliphatic heterocycles. The van der Waals surface area contributed by atoms with E-state index in [1.165, 1.54) is 51.4 Å². The van der Waals surface area contributed by atoms with Gasteiger partial charge in [0.1, 0.15) is 0 Å². The van der Waals surface area contributed by atoms with E-state index in [-0.39, 0.29) is 48.5 Å². The zero-order valence-electron chi connectivity index (χ0n) is 23.8. The molecule has 0 aliphatic carbocycles. The molecular formula is C32H50Cl2N2O2S2. The van der Waals surface area contributed by atoms with Crippen LogP contribution in [0.5, 0.6) is 0 Å². The molecule has 40 heavy (non-hydrogen) atoms. The van der Waals surface area contributed by atoms with Crippen molar-refractivity contribution in [2.75, 3.05) is 23.0 Å². The van der Waals surface area contributed by atoms with Gasteiger partial charge >= 0.3 is 0 Å². The number of unbranched alkanes of at least 4 members (excludes halogenated alkanes) is 7. The number of hydrogen-bond acceptors (Lipinski definition) is 6. The minimum absolute atomic E-state index is 0. The highest BCUT2D eigenvalue weighted by molar-refractivity contribution is 7.99. The van der Waals surface area contributed by atoms with Crippen LogP contribution in [-0.4, -0.2) is 46.7 Å². The first-order valence-corrected chi connectivity index (χ1v) is 16.7. The molecule has 2 rings (SSSR count). The highest BCUT2D eigenvalue weighted by Gasteiger charge is 2.14. The van der Waals surface area contributed by atoms with Crippen molar-refractivity contribution in [3.8, 4) is 0 Å². The summed E-state index contributed by atoms with van der Waals surface area (Å²) in [6.45, 7) is 0. The summed E-state index contributed by atoms with van der Waals surface area (Å²) in [7, 11) is 0. The Hall–Kier alpha value is -1.02. The van der Waals surface area contributed by atoms with Crippen LogP contribution in [0.4, 0.5) is 0 Å². The number of ketones is 2. The average molecular weight is 630 g/mol. The number of nitrogens with two attached hydrogens (primary N) is 2. The summed E-state index contributed by atoms with van der Waals surface area (Å²) >= 11 is 3.77.